The van der Waals surface area contributed by atoms with Crippen molar-refractivity contribution in [3.05, 3.63) is 156 Å². The van der Waals surface area contributed by atoms with Crippen LogP contribution in [0.5, 0.6) is 0 Å². The van der Waals surface area contributed by atoms with Crippen LogP contribution in [0.2, 0.25) is 0 Å². The quantitative estimate of drug-likeness (QED) is 0.364. The van der Waals surface area contributed by atoms with Crippen LogP contribution in [-0.4, -0.2) is 0 Å². The lowest BCUT2D eigenvalue weighted by molar-refractivity contribution is 0.398. The molecule has 4 aromatic rings. The Bertz CT molecular complexity index is 908. The molecule has 0 aliphatic heterocycles. The standard InChI is InChI=1S/C28H22/c1-5-13-23(14-6-1)27(24-15-7-2-8-16-24)21-22-28(27,25-17-9-3-10-18-25)26-19-11-4-12-20-26/h1-22H. The van der Waals surface area contributed by atoms with Gasteiger partial charge >= 0.3 is 0 Å². The summed E-state index contributed by atoms with van der Waals surface area (Å²) in [5.41, 5.74) is 4.76. The molecule has 0 amide bonds. The fourth-order valence-electron chi connectivity index (χ4n) is 4.85. The molecule has 0 radical (unpaired) electrons. The molecule has 1 aliphatic rings. The van der Waals surface area contributed by atoms with Gasteiger partial charge in [-0.2, -0.15) is 0 Å². The van der Waals surface area contributed by atoms with E-state index in [-0.39, 0.29) is 10.8 Å². The number of hydrogen-bond donors (Lipinski definition) is 0. The summed E-state index contributed by atoms with van der Waals surface area (Å²) >= 11 is 0. The summed E-state index contributed by atoms with van der Waals surface area (Å²) in [5, 5.41) is 0. The molecular weight excluding hydrogens is 336 g/mol. The lowest BCUT2D eigenvalue weighted by Gasteiger charge is -2.55. The molecule has 0 fully saturated rings. The Hall–Kier alpha value is -3.38. The Kier molecular flexibility index (Phi) is 3.98. The van der Waals surface area contributed by atoms with E-state index in [1.807, 2.05) is 0 Å². The predicted molar refractivity (Wildman–Crippen MR) is 116 cm³/mol. The topological polar surface area (TPSA) is 0 Å². The molecule has 0 aromatic heterocycles. The van der Waals surface area contributed by atoms with Crippen LogP contribution < -0.4 is 0 Å². The molecule has 28 heavy (non-hydrogen) atoms. The van der Waals surface area contributed by atoms with Gasteiger partial charge in [-0.25, -0.2) is 0 Å². The Labute approximate surface area is 166 Å². The molecule has 0 atom stereocenters. The highest BCUT2D eigenvalue weighted by Gasteiger charge is 2.57. The fourth-order valence-corrected chi connectivity index (χ4v) is 4.85. The highest BCUT2D eigenvalue weighted by molar-refractivity contribution is 5.67. The van der Waals surface area contributed by atoms with E-state index >= 15 is 0 Å². The van der Waals surface area contributed by atoms with Crippen LogP contribution in [0.1, 0.15) is 22.3 Å². The smallest absolute Gasteiger partial charge is 0.0554 e. The van der Waals surface area contributed by atoms with Crippen molar-refractivity contribution in [1.82, 2.24) is 0 Å². The lowest BCUT2D eigenvalue weighted by Crippen LogP contribution is -2.54. The Balaban J connectivity index is 1.88. The van der Waals surface area contributed by atoms with E-state index < -0.39 is 0 Å². The summed E-state index contributed by atoms with van der Waals surface area (Å²) < 4.78 is 0. The van der Waals surface area contributed by atoms with Gasteiger partial charge in [0.2, 0.25) is 0 Å². The van der Waals surface area contributed by atoms with Gasteiger partial charge in [0.25, 0.3) is 0 Å². The number of hydrogen-bond acceptors (Lipinski definition) is 0. The highest BCUT2D eigenvalue weighted by atomic mass is 14.6. The third kappa shape index (κ3) is 2.25. The van der Waals surface area contributed by atoms with Gasteiger partial charge in [-0.05, 0) is 22.3 Å². The monoisotopic (exact) mass is 358 g/mol. The maximum Gasteiger partial charge on any atom is 0.0554 e. The van der Waals surface area contributed by atoms with E-state index in [0.29, 0.717) is 0 Å². The van der Waals surface area contributed by atoms with Gasteiger partial charge in [-0.3, -0.25) is 0 Å². The summed E-state index contributed by atoms with van der Waals surface area (Å²) in [4.78, 5) is 0. The third-order valence-electron chi connectivity index (χ3n) is 6.12. The second kappa shape index (κ2) is 6.65. The molecule has 0 spiro atoms. The first-order valence-electron chi connectivity index (χ1n) is 9.80. The van der Waals surface area contributed by atoms with Crippen LogP contribution in [0.15, 0.2) is 133 Å². The van der Waals surface area contributed by atoms with E-state index in [4.69, 9.17) is 0 Å². The molecule has 0 nitrogen and oxygen atoms in total. The van der Waals surface area contributed by atoms with Gasteiger partial charge in [-0.15, -0.1) is 0 Å². The summed E-state index contributed by atoms with van der Waals surface area (Å²) in [6.07, 6.45) is 4.77. The van der Waals surface area contributed by atoms with Crippen molar-refractivity contribution in [3.8, 4) is 0 Å². The van der Waals surface area contributed by atoms with Gasteiger partial charge < -0.3 is 0 Å². The van der Waals surface area contributed by atoms with Crippen molar-refractivity contribution >= 4 is 0 Å². The van der Waals surface area contributed by atoms with Crippen LogP contribution in [0.3, 0.4) is 0 Å². The van der Waals surface area contributed by atoms with Crippen molar-refractivity contribution in [2.24, 2.45) is 0 Å². The zero-order valence-corrected chi connectivity index (χ0v) is 15.7. The van der Waals surface area contributed by atoms with Gasteiger partial charge in [0.15, 0.2) is 0 Å². The lowest BCUT2D eigenvalue weighted by atomic mass is 9.45. The normalized spacial score (nSPS) is 16.3. The fraction of sp³-hybridized carbons (Fsp3) is 0.0714. The second-order valence-corrected chi connectivity index (χ2v) is 7.41. The van der Waals surface area contributed by atoms with E-state index in [2.05, 4.69) is 133 Å². The number of benzene rings is 4. The third-order valence-corrected chi connectivity index (χ3v) is 6.12. The van der Waals surface area contributed by atoms with Gasteiger partial charge in [0.05, 0.1) is 10.8 Å². The summed E-state index contributed by atoms with van der Waals surface area (Å²) in [7, 11) is 0. The zero-order valence-electron chi connectivity index (χ0n) is 15.7. The molecule has 0 bridgehead atoms. The molecule has 1 aliphatic carbocycles. The first kappa shape index (κ1) is 16.8. The Morgan fingerprint density at radius 2 is 0.500 bits per heavy atom. The predicted octanol–water partition coefficient (Wildman–Crippen LogP) is 6.53. The summed E-state index contributed by atoms with van der Waals surface area (Å²) in [5.74, 6) is 0. The van der Waals surface area contributed by atoms with Crippen molar-refractivity contribution in [1.29, 1.82) is 0 Å². The molecule has 5 rings (SSSR count). The summed E-state index contributed by atoms with van der Waals surface area (Å²) in [6, 6.07) is 43.6. The van der Waals surface area contributed by atoms with Crippen molar-refractivity contribution < 1.29 is 0 Å². The SMILES string of the molecule is C1=CC(c2ccccc2)(c2ccccc2)C1(c1ccccc1)c1ccccc1. The van der Waals surface area contributed by atoms with Gasteiger partial charge in [0.1, 0.15) is 0 Å². The first-order valence-corrected chi connectivity index (χ1v) is 9.80. The Morgan fingerprint density at radius 3 is 0.679 bits per heavy atom. The molecule has 0 unspecified atom stereocenters. The number of allylic oxidation sites excluding steroid dienone is 2. The highest BCUT2D eigenvalue weighted by Crippen LogP contribution is 2.60. The minimum atomic E-state index is -0.252. The van der Waals surface area contributed by atoms with E-state index in [1.54, 1.807) is 0 Å². The van der Waals surface area contributed by atoms with Gasteiger partial charge in [0, 0.05) is 0 Å². The average Bonchev–Trinajstić information content (AvgIpc) is 2.77. The van der Waals surface area contributed by atoms with Crippen LogP contribution in [0, 0.1) is 0 Å². The minimum absolute atomic E-state index is 0.252. The second-order valence-electron chi connectivity index (χ2n) is 7.41. The van der Waals surface area contributed by atoms with Crippen molar-refractivity contribution in [2.75, 3.05) is 0 Å². The van der Waals surface area contributed by atoms with Crippen molar-refractivity contribution in [2.45, 2.75) is 10.8 Å². The van der Waals surface area contributed by atoms with Gasteiger partial charge in [-0.1, -0.05) is 133 Å². The van der Waals surface area contributed by atoms with Crippen molar-refractivity contribution in [3.63, 3.8) is 0 Å². The van der Waals surface area contributed by atoms with Crippen LogP contribution in [0.25, 0.3) is 0 Å². The minimum Gasteiger partial charge on any atom is -0.0708 e. The molecule has 4 aromatic carbocycles. The van der Waals surface area contributed by atoms with E-state index in [9.17, 15) is 0 Å². The molecule has 0 heteroatoms. The van der Waals surface area contributed by atoms with E-state index in [0.717, 1.165) is 0 Å². The molecule has 0 saturated heterocycles. The molecule has 0 saturated carbocycles. The molecule has 134 valence electrons. The van der Waals surface area contributed by atoms with Crippen LogP contribution >= 0.6 is 0 Å². The van der Waals surface area contributed by atoms with E-state index in [1.165, 1.54) is 22.3 Å². The first-order chi connectivity index (χ1) is 13.9. The molecule has 0 heterocycles. The zero-order chi connectivity index (χ0) is 18.9. The largest absolute Gasteiger partial charge is 0.0708 e. The van der Waals surface area contributed by atoms with Crippen LogP contribution in [-0.2, 0) is 10.8 Å². The molecule has 0 N–H and O–H groups in total. The molecular formula is C28H22. The maximum atomic E-state index is 2.39. The Morgan fingerprint density at radius 1 is 0.286 bits per heavy atom. The average molecular weight is 358 g/mol. The van der Waals surface area contributed by atoms with Crippen LogP contribution in [0.4, 0.5) is 0 Å². The summed E-state index contributed by atoms with van der Waals surface area (Å²) in [6.45, 7) is 0. The maximum absolute atomic E-state index is 2.39. The number of rotatable bonds is 4.